The maximum Gasteiger partial charge on any atom is 0.231 e. The Morgan fingerprint density at radius 3 is 2.59 bits per heavy atom. The highest BCUT2D eigenvalue weighted by Gasteiger charge is 2.22. The number of halogens is 1. The SMILES string of the molecule is O=C(CCc1ncc(-c2ccc(F)cc2)o1)N1CCN(Cc2ccc3c(c2)OCO3)CC1. The molecule has 0 N–H and O–H groups in total. The number of hydrogen-bond acceptors (Lipinski definition) is 6. The van der Waals surface area contributed by atoms with Gasteiger partial charge in [0, 0.05) is 51.1 Å². The average molecular weight is 437 g/mol. The zero-order valence-corrected chi connectivity index (χ0v) is 17.6. The topological polar surface area (TPSA) is 68.0 Å². The average Bonchev–Trinajstić information content (AvgIpc) is 3.48. The molecule has 166 valence electrons. The van der Waals surface area contributed by atoms with Gasteiger partial charge in [0.15, 0.2) is 23.1 Å². The van der Waals surface area contributed by atoms with Crippen molar-refractivity contribution in [3.63, 3.8) is 0 Å². The van der Waals surface area contributed by atoms with Crippen molar-refractivity contribution in [1.82, 2.24) is 14.8 Å². The van der Waals surface area contributed by atoms with Crippen molar-refractivity contribution in [1.29, 1.82) is 0 Å². The highest BCUT2D eigenvalue weighted by atomic mass is 19.1. The van der Waals surface area contributed by atoms with Crippen LogP contribution in [0.3, 0.4) is 0 Å². The second-order valence-electron chi connectivity index (χ2n) is 7.97. The highest BCUT2D eigenvalue weighted by molar-refractivity contribution is 5.76. The van der Waals surface area contributed by atoms with Crippen LogP contribution in [-0.2, 0) is 17.8 Å². The Hall–Kier alpha value is -3.39. The number of amides is 1. The molecule has 2 aliphatic rings. The monoisotopic (exact) mass is 437 g/mol. The van der Waals surface area contributed by atoms with E-state index in [0.717, 1.165) is 36.7 Å². The summed E-state index contributed by atoms with van der Waals surface area (Å²) in [6.45, 7) is 4.16. The molecule has 2 aromatic carbocycles. The normalized spacial score (nSPS) is 15.8. The van der Waals surface area contributed by atoms with E-state index < -0.39 is 0 Å². The second kappa shape index (κ2) is 9.00. The second-order valence-corrected chi connectivity index (χ2v) is 7.97. The first-order chi connectivity index (χ1) is 15.6. The van der Waals surface area contributed by atoms with E-state index in [1.165, 1.54) is 17.7 Å². The third-order valence-corrected chi connectivity index (χ3v) is 5.80. The smallest absolute Gasteiger partial charge is 0.231 e. The number of aryl methyl sites for hydroxylation is 1. The Balaban J connectivity index is 1.08. The minimum atomic E-state index is -0.296. The summed E-state index contributed by atoms with van der Waals surface area (Å²) in [5.74, 6) is 2.48. The molecule has 0 unspecified atom stereocenters. The van der Waals surface area contributed by atoms with Crippen molar-refractivity contribution in [2.75, 3.05) is 33.0 Å². The quantitative estimate of drug-likeness (QED) is 0.588. The van der Waals surface area contributed by atoms with Gasteiger partial charge >= 0.3 is 0 Å². The summed E-state index contributed by atoms with van der Waals surface area (Å²) in [6.07, 6.45) is 2.41. The number of hydrogen-bond donors (Lipinski definition) is 0. The predicted molar refractivity (Wildman–Crippen MR) is 115 cm³/mol. The fourth-order valence-electron chi connectivity index (χ4n) is 4.00. The first-order valence-corrected chi connectivity index (χ1v) is 10.7. The highest BCUT2D eigenvalue weighted by Crippen LogP contribution is 2.32. The van der Waals surface area contributed by atoms with Crippen LogP contribution in [0.4, 0.5) is 4.39 Å². The van der Waals surface area contributed by atoms with Crippen LogP contribution in [0.1, 0.15) is 17.9 Å². The molecule has 8 heteroatoms. The number of carbonyl (C=O) groups is 1. The van der Waals surface area contributed by atoms with Crippen LogP contribution in [0.25, 0.3) is 11.3 Å². The van der Waals surface area contributed by atoms with Crippen LogP contribution >= 0.6 is 0 Å². The van der Waals surface area contributed by atoms with Gasteiger partial charge in [-0.2, -0.15) is 0 Å². The number of fused-ring (bicyclic) bond motifs is 1. The maximum atomic E-state index is 13.1. The summed E-state index contributed by atoms with van der Waals surface area (Å²) in [7, 11) is 0. The molecule has 7 nitrogen and oxygen atoms in total. The van der Waals surface area contributed by atoms with E-state index in [0.29, 0.717) is 37.6 Å². The third-order valence-electron chi connectivity index (χ3n) is 5.80. The Morgan fingerprint density at radius 1 is 1.00 bits per heavy atom. The van der Waals surface area contributed by atoms with Crippen molar-refractivity contribution < 1.29 is 23.1 Å². The van der Waals surface area contributed by atoms with Gasteiger partial charge in [-0.15, -0.1) is 0 Å². The number of carbonyl (C=O) groups excluding carboxylic acids is 1. The molecule has 3 heterocycles. The van der Waals surface area contributed by atoms with Crippen LogP contribution < -0.4 is 9.47 Å². The van der Waals surface area contributed by atoms with E-state index in [2.05, 4.69) is 16.0 Å². The lowest BCUT2D eigenvalue weighted by Gasteiger charge is -2.34. The molecule has 1 fully saturated rings. The zero-order chi connectivity index (χ0) is 21.9. The molecule has 5 rings (SSSR count). The minimum absolute atomic E-state index is 0.106. The molecule has 1 saturated heterocycles. The van der Waals surface area contributed by atoms with Crippen LogP contribution in [0.2, 0.25) is 0 Å². The summed E-state index contributed by atoms with van der Waals surface area (Å²) < 4.78 is 29.6. The Kier molecular flexibility index (Phi) is 5.77. The van der Waals surface area contributed by atoms with Crippen molar-refractivity contribution in [2.45, 2.75) is 19.4 Å². The van der Waals surface area contributed by atoms with E-state index in [-0.39, 0.29) is 18.5 Å². The van der Waals surface area contributed by atoms with E-state index in [1.54, 1.807) is 18.3 Å². The molecule has 0 radical (unpaired) electrons. The standard InChI is InChI=1S/C24H24FN3O4/c25-19-4-2-18(3-5-19)22-14-26-23(32-22)7-8-24(29)28-11-9-27(10-12-28)15-17-1-6-20-21(13-17)31-16-30-20/h1-6,13-14H,7-12,15-16H2. The largest absolute Gasteiger partial charge is 0.454 e. The van der Waals surface area contributed by atoms with Gasteiger partial charge < -0.3 is 18.8 Å². The molecule has 0 bridgehead atoms. The van der Waals surface area contributed by atoms with E-state index >= 15 is 0 Å². The summed E-state index contributed by atoms with van der Waals surface area (Å²) in [6, 6.07) is 12.1. The molecule has 1 aromatic heterocycles. The van der Waals surface area contributed by atoms with Gasteiger partial charge in [0.25, 0.3) is 0 Å². The van der Waals surface area contributed by atoms with Crippen LogP contribution in [0.5, 0.6) is 11.5 Å². The minimum Gasteiger partial charge on any atom is -0.454 e. The van der Waals surface area contributed by atoms with Gasteiger partial charge in [-0.25, -0.2) is 9.37 Å². The molecule has 0 saturated carbocycles. The number of oxazole rings is 1. The van der Waals surface area contributed by atoms with Crippen molar-refractivity contribution in [2.24, 2.45) is 0 Å². The van der Waals surface area contributed by atoms with Crippen molar-refractivity contribution >= 4 is 5.91 Å². The van der Waals surface area contributed by atoms with Crippen LogP contribution in [-0.4, -0.2) is 53.7 Å². The third kappa shape index (κ3) is 4.60. The van der Waals surface area contributed by atoms with Crippen LogP contribution in [0, 0.1) is 5.82 Å². The Morgan fingerprint density at radius 2 is 1.78 bits per heavy atom. The summed E-state index contributed by atoms with van der Waals surface area (Å²) in [4.78, 5) is 21.1. The maximum absolute atomic E-state index is 13.1. The zero-order valence-electron chi connectivity index (χ0n) is 17.6. The van der Waals surface area contributed by atoms with Crippen molar-refractivity contribution in [3.8, 4) is 22.8 Å². The number of piperazine rings is 1. The lowest BCUT2D eigenvalue weighted by atomic mass is 10.1. The number of aromatic nitrogens is 1. The molecule has 2 aliphatic heterocycles. The molecular weight excluding hydrogens is 413 g/mol. The van der Waals surface area contributed by atoms with E-state index in [9.17, 15) is 9.18 Å². The first-order valence-electron chi connectivity index (χ1n) is 10.7. The fraction of sp³-hybridized carbons (Fsp3) is 0.333. The van der Waals surface area contributed by atoms with Gasteiger partial charge in [-0.05, 0) is 42.0 Å². The predicted octanol–water partition coefficient (Wildman–Crippen LogP) is 3.49. The lowest BCUT2D eigenvalue weighted by Crippen LogP contribution is -2.48. The van der Waals surface area contributed by atoms with Crippen LogP contribution in [0.15, 0.2) is 53.1 Å². The van der Waals surface area contributed by atoms with Crippen molar-refractivity contribution in [3.05, 3.63) is 65.9 Å². The van der Waals surface area contributed by atoms with Gasteiger partial charge in [0.1, 0.15) is 5.82 Å². The Bertz CT molecular complexity index is 1090. The number of ether oxygens (including phenoxy) is 2. The number of nitrogens with zero attached hydrogens (tertiary/aromatic N) is 3. The first kappa shape index (κ1) is 20.5. The Labute approximate surface area is 185 Å². The number of rotatable bonds is 6. The lowest BCUT2D eigenvalue weighted by molar-refractivity contribution is -0.133. The number of benzene rings is 2. The molecule has 3 aromatic rings. The molecule has 0 aliphatic carbocycles. The molecule has 32 heavy (non-hydrogen) atoms. The fourth-order valence-corrected chi connectivity index (χ4v) is 4.00. The van der Waals surface area contributed by atoms with Gasteiger partial charge in [0.2, 0.25) is 12.7 Å². The van der Waals surface area contributed by atoms with E-state index in [1.807, 2.05) is 17.0 Å². The molecule has 1 amide bonds. The summed E-state index contributed by atoms with van der Waals surface area (Å²) >= 11 is 0. The molecule has 0 atom stereocenters. The van der Waals surface area contributed by atoms with Gasteiger partial charge in [-0.1, -0.05) is 6.07 Å². The molecular formula is C24H24FN3O4. The molecule has 0 spiro atoms. The summed E-state index contributed by atoms with van der Waals surface area (Å²) in [5.41, 5.74) is 1.94. The summed E-state index contributed by atoms with van der Waals surface area (Å²) in [5, 5.41) is 0. The van der Waals surface area contributed by atoms with E-state index in [4.69, 9.17) is 13.9 Å². The van der Waals surface area contributed by atoms with Gasteiger partial charge in [0.05, 0.1) is 6.20 Å². The van der Waals surface area contributed by atoms with Gasteiger partial charge in [-0.3, -0.25) is 9.69 Å².